The van der Waals surface area contributed by atoms with Gasteiger partial charge in [-0.25, -0.2) is 23.7 Å². The molecule has 0 unspecified atom stereocenters. The van der Waals surface area contributed by atoms with Crippen molar-refractivity contribution in [3.8, 4) is 0 Å². The minimum Gasteiger partial charge on any atom is -0.336 e. The number of anilines is 2. The Morgan fingerprint density at radius 3 is 2.57 bits per heavy atom. The highest BCUT2D eigenvalue weighted by Crippen LogP contribution is 2.28. The zero-order chi connectivity index (χ0) is 15.0. The summed E-state index contributed by atoms with van der Waals surface area (Å²) < 4.78 is 27.3. The molecule has 8 heteroatoms. The topological polar surface area (TPSA) is 50.7 Å². The molecular weight excluding hydrogens is 321 g/mol. The lowest BCUT2D eigenvalue weighted by Gasteiger charge is -2.09. The Labute approximate surface area is 127 Å². The van der Waals surface area contributed by atoms with Gasteiger partial charge in [0, 0.05) is 0 Å². The normalized spacial score (nSPS) is 10.9. The van der Waals surface area contributed by atoms with E-state index in [4.69, 9.17) is 23.2 Å². The van der Waals surface area contributed by atoms with Crippen LogP contribution in [0.3, 0.4) is 0 Å². The van der Waals surface area contributed by atoms with E-state index >= 15 is 0 Å². The molecule has 0 aliphatic rings. The highest BCUT2D eigenvalue weighted by Gasteiger charge is 2.14. The maximum Gasteiger partial charge on any atom is 0.183 e. The van der Waals surface area contributed by atoms with Crippen molar-refractivity contribution in [2.45, 2.75) is 0 Å². The molecule has 0 radical (unpaired) electrons. The third-order valence-electron chi connectivity index (χ3n) is 2.74. The van der Waals surface area contributed by atoms with E-state index in [0.717, 1.165) is 0 Å². The van der Waals surface area contributed by atoms with Gasteiger partial charge in [0.2, 0.25) is 0 Å². The van der Waals surface area contributed by atoms with Crippen molar-refractivity contribution in [1.29, 1.82) is 0 Å². The van der Waals surface area contributed by atoms with Crippen LogP contribution < -0.4 is 5.32 Å². The van der Waals surface area contributed by atoms with Gasteiger partial charge in [0.1, 0.15) is 17.0 Å². The van der Waals surface area contributed by atoms with Crippen LogP contribution in [-0.2, 0) is 0 Å². The zero-order valence-corrected chi connectivity index (χ0v) is 11.8. The van der Waals surface area contributed by atoms with Gasteiger partial charge in [0.05, 0.1) is 16.2 Å². The average Bonchev–Trinajstić information content (AvgIpc) is 2.48. The number of nitrogens with zero attached hydrogens (tertiary/aromatic N) is 3. The molecule has 106 valence electrons. The molecule has 1 aromatic carbocycles. The first-order valence-corrected chi connectivity index (χ1v) is 6.49. The van der Waals surface area contributed by atoms with Crippen molar-refractivity contribution in [3.63, 3.8) is 0 Å². The first-order valence-electron chi connectivity index (χ1n) is 5.74. The van der Waals surface area contributed by atoms with Crippen LogP contribution in [0.5, 0.6) is 0 Å². The third kappa shape index (κ3) is 2.59. The van der Waals surface area contributed by atoms with E-state index in [2.05, 4.69) is 20.3 Å². The molecule has 0 aliphatic heterocycles. The molecule has 2 aromatic heterocycles. The fourth-order valence-corrected chi connectivity index (χ4v) is 2.05. The number of nitrogens with one attached hydrogen (secondary N) is 1. The molecule has 0 bridgehead atoms. The minimum absolute atomic E-state index is 0.112. The van der Waals surface area contributed by atoms with E-state index in [0.29, 0.717) is 11.0 Å². The van der Waals surface area contributed by atoms with Crippen molar-refractivity contribution < 1.29 is 8.78 Å². The molecule has 0 spiro atoms. The molecule has 0 fully saturated rings. The maximum atomic E-state index is 13.8. The van der Waals surface area contributed by atoms with Gasteiger partial charge >= 0.3 is 0 Å². The summed E-state index contributed by atoms with van der Waals surface area (Å²) in [6, 6.07) is 5.77. The van der Waals surface area contributed by atoms with Crippen molar-refractivity contribution in [2.75, 3.05) is 5.32 Å². The Morgan fingerprint density at radius 2 is 1.76 bits per heavy atom. The molecule has 4 nitrogen and oxygen atoms in total. The fourth-order valence-electron chi connectivity index (χ4n) is 1.76. The SMILES string of the molecule is Fc1c(Cl)ccc(Nc2ncnc3ccc(Cl)nc23)c1F. The van der Waals surface area contributed by atoms with Gasteiger partial charge in [-0.15, -0.1) is 0 Å². The zero-order valence-electron chi connectivity index (χ0n) is 10.2. The summed E-state index contributed by atoms with van der Waals surface area (Å²) in [4.78, 5) is 12.1. The second-order valence-corrected chi connectivity index (χ2v) is 4.87. The number of pyridine rings is 1. The summed E-state index contributed by atoms with van der Waals surface area (Å²) in [6.07, 6.45) is 1.28. The van der Waals surface area contributed by atoms with E-state index in [1.807, 2.05) is 0 Å². The van der Waals surface area contributed by atoms with Gasteiger partial charge in [-0.2, -0.15) is 0 Å². The van der Waals surface area contributed by atoms with Crippen LogP contribution in [0.15, 0.2) is 30.6 Å². The van der Waals surface area contributed by atoms with E-state index in [1.54, 1.807) is 12.1 Å². The van der Waals surface area contributed by atoms with Gasteiger partial charge < -0.3 is 5.32 Å². The number of aromatic nitrogens is 3. The van der Waals surface area contributed by atoms with Gasteiger partial charge in [-0.3, -0.25) is 0 Å². The molecule has 0 saturated heterocycles. The summed E-state index contributed by atoms with van der Waals surface area (Å²) in [5.74, 6) is -2.02. The number of hydrogen-bond acceptors (Lipinski definition) is 4. The van der Waals surface area contributed by atoms with E-state index in [1.165, 1.54) is 18.5 Å². The molecule has 3 rings (SSSR count). The van der Waals surface area contributed by atoms with E-state index < -0.39 is 11.6 Å². The Balaban J connectivity index is 2.10. The lowest BCUT2D eigenvalue weighted by molar-refractivity contribution is 0.512. The molecule has 0 saturated carbocycles. The van der Waals surface area contributed by atoms with Crippen LogP contribution >= 0.6 is 23.2 Å². The maximum absolute atomic E-state index is 13.8. The molecule has 0 amide bonds. The number of hydrogen-bond donors (Lipinski definition) is 1. The third-order valence-corrected chi connectivity index (χ3v) is 3.24. The monoisotopic (exact) mass is 326 g/mol. The molecule has 1 N–H and O–H groups in total. The van der Waals surface area contributed by atoms with Gasteiger partial charge in [-0.1, -0.05) is 23.2 Å². The molecule has 0 aliphatic carbocycles. The van der Waals surface area contributed by atoms with E-state index in [9.17, 15) is 8.78 Å². The number of rotatable bonds is 2. The fraction of sp³-hybridized carbons (Fsp3) is 0. The first kappa shape index (κ1) is 13.9. The Bertz CT molecular complexity index is 842. The van der Waals surface area contributed by atoms with Crippen LogP contribution in [0.4, 0.5) is 20.3 Å². The van der Waals surface area contributed by atoms with Crippen LogP contribution in [0.2, 0.25) is 10.2 Å². The molecule has 3 aromatic rings. The van der Waals surface area contributed by atoms with Crippen LogP contribution in [0.1, 0.15) is 0 Å². The highest BCUT2D eigenvalue weighted by atomic mass is 35.5. The standard InChI is InChI=1S/C13H6Cl2F2N4/c14-6-1-2-7(11(17)10(6)16)20-13-12-8(18-5-19-13)3-4-9(15)21-12/h1-5H,(H,18,19,20). The number of halogens is 4. The lowest BCUT2D eigenvalue weighted by atomic mass is 10.2. The summed E-state index contributed by atoms with van der Waals surface area (Å²) in [5, 5.41) is 2.60. The number of benzene rings is 1. The number of fused-ring (bicyclic) bond motifs is 1. The predicted molar refractivity (Wildman–Crippen MR) is 77.0 cm³/mol. The van der Waals surface area contributed by atoms with Gasteiger partial charge in [-0.05, 0) is 24.3 Å². The van der Waals surface area contributed by atoms with Crippen LogP contribution in [0.25, 0.3) is 11.0 Å². The largest absolute Gasteiger partial charge is 0.336 e. The van der Waals surface area contributed by atoms with Crippen LogP contribution in [0, 0.1) is 11.6 Å². The average molecular weight is 327 g/mol. The Hall–Kier alpha value is -2.05. The van der Waals surface area contributed by atoms with Gasteiger partial charge in [0.25, 0.3) is 0 Å². The minimum atomic E-state index is -1.13. The first-order chi connectivity index (χ1) is 10.1. The second kappa shape index (κ2) is 5.38. The van der Waals surface area contributed by atoms with Crippen molar-refractivity contribution in [2.24, 2.45) is 0 Å². The highest BCUT2D eigenvalue weighted by molar-refractivity contribution is 6.30. The van der Waals surface area contributed by atoms with Crippen molar-refractivity contribution in [1.82, 2.24) is 15.0 Å². The smallest absolute Gasteiger partial charge is 0.183 e. The quantitative estimate of drug-likeness (QED) is 0.561. The molecule has 21 heavy (non-hydrogen) atoms. The molecule has 2 heterocycles. The van der Waals surface area contributed by atoms with Crippen molar-refractivity contribution >= 4 is 45.7 Å². The Morgan fingerprint density at radius 1 is 0.952 bits per heavy atom. The molecular formula is C13H6Cl2F2N4. The summed E-state index contributed by atoms with van der Waals surface area (Å²) in [5.41, 5.74) is 0.755. The summed E-state index contributed by atoms with van der Waals surface area (Å²) >= 11 is 11.3. The van der Waals surface area contributed by atoms with E-state index in [-0.39, 0.29) is 21.7 Å². The molecule has 0 atom stereocenters. The summed E-state index contributed by atoms with van der Waals surface area (Å²) in [6.45, 7) is 0. The van der Waals surface area contributed by atoms with Crippen molar-refractivity contribution in [3.05, 3.63) is 52.4 Å². The lowest BCUT2D eigenvalue weighted by Crippen LogP contribution is -2.01. The predicted octanol–water partition coefficient (Wildman–Crippen LogP) is 4.35. The van der Waals surface area contributed by atoms with Crippen LogP contribution in [-0.4, -0.2) is 15.0 Å². The van der Waals surface area contributed by atoms with Gasteiger partial charge in [0.15, 0.2) is 17.5 Å². The second-order valence-electron chi connectivity index (χ2n) is 4.07. The Kier molecular flexibility index (Phi) is 3.57. The summed E-state index contributed by atoms with van der Waals surface area (Å²) in [7, 11) is 0.